The van der Waals surface area contributed by atoms with Crippen LogP contribution in [0.1, 0.15) is 20.3 Å². The van der Waals surface area contributed by atoms with Crippen LogP contribution in [0.15, 0.2) is 54.8 Å². The highest BCUT2D eigenvalue weighted by atomic mass is 16.1. The van der Waals surface area contributed by atoms with Crippen molar-refractivity contribution < 1.29 is 4.79 Å². The maximum Gasteiger partial charge on any atom is 0.183 e. The van der Waals surface area contributed by atoms with Crippen molar-refractivity contribution >= 4 is 11.5 Å². The van der Waals surface area contributed by atoms with Gasteiger partial charge in [-0.2, -0.15) is 0 Å². The van der Waals surface area contributed by atoms with Crippen LogP contribution in [0.3, 0.4) is 0 Å². The topological polar surface area (TPSA) is 20.3 Å². The summed E-state index contributed by atoms with van der Waals surface area (Å²) >= 11 is 0. The highest BCUT2D eigenvalue weighted by Gasteiger charge is 2.31. The van der Waals surface area contributed by atoms with E-state index in [-0.39, 0.29) is 11.2 Å². The van der Waals surface area contributed by atoms with Crippen molar-refractivity contribution in [2.45, 2.75) is 20.3 Å². The number of carbonyl (C=O) groups excluding carboxylic acids is 1. The minimum absolute atomic E-state index is 0.0284. The van der Waals surface area contributed by atoms with E-state index in [9.17, 15) is 4.79 Å². The molecule has 0 unspecified atom stereocenters. The number of nitrogens with zero attached hydrogens (tertiary/aromatic N) is 1. The van der Waals surface area contributed by atoms with Gasteiger partial charge in [0.25, 0.3) is 0 Å². The van der Waals surface area contributed by atoms with E-state index < -0.39 is 0 Å². The molecule has 0 saturated carbocycles. The van der Waals surface area contributed by atoms with Crippen LogP contribution >= 0.6 is 0 Å². The Bertz CT molecular complexity index is 485. The second-order valence-corrected chi connectivity index (χ2v) is 5.27. The van der Waals surface area contributed by atoms with Crippen LogP contribution in [0, 0.1) is 5.41 Å². The summed E-state index contributed by atoms with van der Waals surface area (Å²) in [5.41, 5.74) is 1.89. The van der Waals surface area contributed by atoms with E-state index in [0.717, 1.165) is 24.2 Å². The number of anilines is 1. The highest BCUT2D eigenvalue weighted by molar-refractivity contribution is 6.05. The van der Waals surface area contributed by atoms with Gasteiger partial charge in [-0.3, -0.25) is 4.79 Å². The standard InChI is InChI=1S/C16H19NO/c1-4-15(18)14-12-17(11-10-16(14,2)3)13-8-6-5-7-9-13/h4-9,12H,1,10-11H2,2-3H3. The molecule has 0 saturated heterocycles. The molecule has 0 spiro atoms. The van der Waals surface area contributed by atoms with Gasteiger partial charge < -0.3 is 4.90 Å². The van der Waals surface area contributed by atoms with Gasteiger partial charge in [-0.25, -0.2) is 0 Å². The zero-order valence-electron chi connectivity index (χ0n) is 11.0. The molecule has 1 aliphatic heterocycles. The number of hydrogen-bond acceptors (Lipinski definition) is 2. The number of rotatable bonds is 3. The summed E-state index contributed by atoms with van der Waals surface area (Å²) in [6.07, 6.45) is 4.35. The summed E-state index contributed by atoms with van der Waals surface area (Å²) in [4.78, 5) is 14.1. The Morgan fingerprint density at radius 3 is 2.61 bits per heavy atom. The third-order valence-corrected chi connectivity index (χ3v) is 3.53. The maximum atomic E-state index is 11.9. The van der Waals surface area contributed by atoms with E-state index in [1.807, 2.05) is 24.4 Å². The van der Waals surface area contributed by atoms with Crippen LogP contribution in [0.25, 0.3) is 0 Å². The minimum Gasteiger partial charge on any atom is -0.348 e. The first-order valence-corrected chi connectivity index (χ1v) is 6.25. The molecule has 0 bridgehead atoms. The van der Waals surface area contributed by atoms with Crippen molar-refractivity contribution in [3.8, 4) is 0 Å². The van der Waals surface area contributed by atoms with Crippen LogP contribution in [-0.4, -0.2) is 12.3 Å². The van der Waals surface area contributed by atoms with Crippen LogP contribution < -0.4 is 4.90 Å². The first-order chi connectivity index (χ1) is 8.54. The summed E-state index contributed by atoms with van der Waals surface area (Å²) in [6.45, 7) is 8.75. The molecule has 1 aliphatic rings. The Balaban J connectivity index is 2.37. The number of para-hydroxylation sites is 1. The molecule has 1 aromatic carbocycles. The number of carbonyl (C=O) groups is 1. The lowest BCUT2D eigenvalue weighted by atomic mass is 9.77. The monoisotopic (exact) mass is 241 g/mol. The third-order valence-electron chi connectivity index (χ3n) is 3.53. The van der Waals surface area contributed by atoms with E-state index >= 15 is 0 Å². The normalized spacial score (nSPS) is 18.1. The Kier molecular flexibility index (Phi) is 3.37. The first-order valence-electron chi connectivity index (χ1n) is 6.25. The Hall–Kier alpha value is -1.83. The van der Waals surface area contributed by atoms with Gasteiger partial charge in [0.1, 0.15) is 0 Å². The molecule has 0 atom stereocenters. The van der Waals surface area contributed by atoms with Gasteiger partial charge in [0.15, 0.2) is 5.78 Å². The second kappa shape index (κ2) is 4.81. The van der Waals surface area contributed by atoms with Crippen molar-refractivity contribution in [2.24, 2.45) is 5.41 Å². The first kappa shape index (κ1) is 12.6. The zero-order chi connectivity index (χ0) is 13.2. The quantitative estimate of drug-likeness (QED) is 0.754. The van der Waals surface area contributed by atoms with E-state index in [4.69, 9.17) is 0 Å². The Morgan fingerprint density at radius 1 is 1.33 bits per heavy atom. The molecule has 18 heavy (non-hydrogen) atoms. The molecule has 0 amide bonds. The molecule has 2 heteroatoms. The van der Waals surface area contributed by atoms with Crippen LogP contribution in [0.4, 0.5) is 5.69 Å². The zero-order valence-corrected chi connectivity index (χ0v) is 11.0. The van der Waals surface area contributed by atoms with Gasteiger partial charge in [-0.05, 0) is 30.0 Å². The number of allylic oxidation sites excluding steroid dienone is 2. The molecule has 94 valence electrons. The molecular formula is C16H19NO. The minimum atomic E-state index is -0.0729. The molecule has 0 fully saturated rings. The van der Waals surface area contributed by atoms with Crippen molar-refractivity contribution in [2.75, 3.05) is 11.4 Å². The number of hydrogen-bond donors (Lipinski definition) is 0. The van der Waals surface area contributed by atoms with Gasteiger partial charge in [-0.1, -0.05) is 38.6 Å². The van der Waals surface area contributed by atoms with Crippen molar-refractivity contribution in [1.82, 2.24) is 0 Å². The molecule has 2 rings (SSSR count). The fourth-order valence-corrected chi connectivity index (χ4v) is 2.26. The van der Waals surface area contributed by atoms with Crippen LogP contribution in [0.5, 0.6) is 0 Å². The van der Waals surface area contributed by atoms with Gasteiger partial charge in [0.2, 0.25) is 0 Å². The van der Waals surface area contributed by atoms with Crippen molar-refractivity contribution in [1.29, 1.82) is 0 Å². The largest absolute Gasteiger partial charge is 0.348 e. The Labute approximate surface area is 109 Å². The van der Waals surface area contributed by atoms with E-state index in [1.165, 1.54) is 6.08 Å². The SMILES string of the molecule is C=CC(=O)C1=CN(c2ccccc2)CCC1(C)C. The summed E-state index contributed by atoms with van der Waals surface area (Å²) in [5, 5.41) is 0. The summed E-state index contributed by atoms with van der Waals surface area (Å²) in [5.74, 6) is 0.0284. The molecule has 0 aliphatic carbocycles. The number of benzene rings is 1. The summed E-state index contributed by atoms with van der Waals surface area (Å²) in [7, 11) is 0. The van der Waals surface area contributed by atoms with Crippen molar-refractivity contribution in [3.63, 3.8) is 0 Å². The van der Waals surface area contributed by atoms with Crippen molar-refractivity contribution in [3.05, 3.63) is 54.8 Å². The molecule has 0 aromatic heterocycles. The lowest BCUT2D eigenvalue weighted by Gasteiger charge is -2.36. The van der Waals surface area contributed by atoms with Crippen LogP contribution in [-0.2, 0) is 4.79 Å². The molecular weight excluding hydrogens is 222 g/mol. The predicted octanol–water partition coefficient (Wildman–Crippen LogP) is 3.56. The molecule has 0 N–H and O–H groups in total. The van der Waals surface area contributed by atoms with E-state index in [1.54, 1.807) is 0 Å². The lowest BCUT2D eigenvalue weighted by Crippen LogP contribution is -2.34. The van der Waals surface area contributed by atoms with Crippen LogP contribution in [0.2, 0.25) is 0 Å². The highest BCUT2D eigenvalue weighted by Crippen LogP contribution is 2.36. The summed E-state index contributed by atoms with van der Waals surface area (Å²) in [6, 6.07) is 10.1. The second-order valence-electron chi connectivity index (χ2n) is 5.27. The average molecular weight is 241 g/mol. The molecule has 1 heterocycles. The summed E-state index contributed by atoms with van der Waals surface area (Å²) < 4.78 is 0. The van der Waals surface area contributed by atoms with Gasteiger partial charge in [-0.15, -0.1) is 0 Å². The average Bonchev–Trinajstić information content (AvgIpc) is 2.38. The van der Waals surface area contributed by atoms with Gasteiger partial charge >= 0.3 is 0 Å². The molecule has 0 radical (unpaired) electrons. The fraction of sp³-hybridized carbons (Fsp3) is 0.312. The van der Waals surface area contributed by atoms with E-state index in [0.29, 0.717) is 0 Å². The van der Waals surface area contributed by atoms with E-state index in [2.05, 4.69) is 37.5 Å². The van der Waals surface area contributed by atoms with Gasteiger partial charge in [0.05, 0.1) is 0 Å². The number of ketones is 1. The smallest absolute Gasteiger partial charge is 0.183 e. The molecule has 2 nitrogen and oxygen atoms in total. The molecule has 1 aromatic rings. The predicted molar refractivity (Wildman–Crippen MR) is 75.5 cm³/mol. The van der Waals surface area contributed by atoms with Gasteiger partial charge in [0, 0.05) is 24.0 Å². The lowest BCUT2D eigenvalue weighted by molar-refractivity contribution is -0.112. The fourth-order valence-electron chi connectivity index (χ4n) is 2.26. The maximum absolute atomic E-state index is 11.9. The Morgan fingerprint density at radius 2 is 2.00 bits per heavy atom. The third kappa shape index (κ3) is 2.37.